The number of carbonyl (C=O) groups excluding carboxylic acids is 1. The highest BCUT2D eigenvalue weighted by atomic mass is 19.3. The number of aromatic nitrogens is 3. The maximum Gasteiger partial charge on any atom is 0.286 e. The lowest BCUT2D eigenvalue weighted by Crippen LogP contribution is -2.20. The van der Waals surface area contributed by atoms with Crippen LogP contribution >= 0.6 is 0 Å². The molecule has 3 aromatic rings. The minimum Gasteiger partial charge on any atom is -0.496 e. The summed E-state index contributed by atoms with van der Waals surface area (Å²) in [5.74, 6) is -2.53. The number of hydrogen-bond donors (Lipinski definition) is 1. The van der Waals surface area contributed by atoms with Crippen LogP contribution in [0.25, 0.3) is 10.9 Å². The molecule has 8 heteroatoms. The van der Waals surface area contributed by atoms with Crippen molar-refractivity contribution in [2.75, 3.05) is 13.7 Å². The highest BCUT2D eigenvalue weighted by Crippen LogP contribution is 2.36. The number of pyridine rings is 1. The van der Waals surface area contributed by atoms with Crippen molar-refractivity contribution < 1.29 is 23.4 Å². The molecule has 1 aliphatic carbocycles. The molecule has 0 saturated heterocycles. The topological polar surface area (TPSA) is 77.2 Å². The summed E-state index contributed by atoms with van der Waals surface area (Å²) in [4.78, 5) is 16.8. The highest BCUT2D eigenvalue weighted by Gasteiger charge is 2.28. The fourth-order valence-corrected chi connectivity index (χ4v) is 4.70. The van der Waals surface area contributed by atoms with Gasteiger partial charge in [-0.2, -0.15) is 13.9 Å². The van der Waals surface area contributed by atoms with Crippen LogP contribution < -0.4 is 4.74 Å². The number of aryl methyl sites for hydroxylation is 1. The Kier molecular flexibility index (Phi) is 6.47. The van der Waals surface area contributed by atoms with E-state index in [0.29, 0.717) is 17.2 Å². The Morgan fingerprint density at radius 1 is 1.27 bits per heavy atom. The van der Waals surface area contributed by atoms with E-state index in [2.05, 4.69) is 4.98 Å². The first-order chi connectivity index (χ1) is 15.7. The van der Waals surface area contributed by atoms with Gasteiger partial charge in [0.15, 0.2) is 5.78 Å². The predicted octanol–water partition coefficient (Wildman–Crippen LogP) is 5.01. The van der Waals surface area contributed by atoms with Gasteiger partial charge in [0.2, 0.25) is 0 Å². The van der Waals surface area contributed by atoms with Gasteiger partial charge in [-0.3, -0.25) is 9.48 Å². The van der Waals surface area contributed by atoms with Crippen LogP contribution in [-0.4, -0.2) is 39.4 Å². The highest BCUT2D eigenvalue weighted by molar-refractivity contribution is 5.97. The second-order valence-electron chi connectivity index (χ2n) is 8.99. The van der Waals surface area contributed by atoms with Crippen LogP contribution in [0.15, 0.2) is 30.5 Å². The molecule has 1 saturated carbocycles. The van der Waals surface area contributed by atoms with E-state index in [-0.39, 0.29) is 30.5 Å². The smallest absolute Gasteiger partial charge is 0.286 e. The van der Waals surface area contributed by atoms with Crippen LogP contribution in [0.5, 0.6) is 5.75 Å². The number of benzene rings is 1. The van der Waals surface area contributed by atoms with Gasteiger partial charge in [-0.1, -0.05) is 6.07 Å². The van der Waals surface area contributed by atoms with Crippen molar-refractivity contribution in [3.05, 3.63) is 53.0 Å². The zero-order chi connectivity index (χ0) is 23.8. The summed E-state index contributed by atoms with van der Waals surface area (Å²) in [7, 11) is 1.55. The molecule has 0 aliphatic heterocycles. The number of aliphatic hydroxyl groups excluding tert-OH is 1. The number of ether oxygens (including phenoxy) is 1. The number of aliphatic hydroxyl groups is 1. The third-order valence-electron chi connectivity index (χ3n) is 6.57. The molecule has 176 valence electrons. The van der Waals surface area contributed by atoms with Crippen LogP contribution in [0.1, 0.15) is 66.0 Å². The summed E-state index contributed by atoms with van der Waals surface area (Å²) in [6.07, 6.45) is 5.86. The van der Waals surface area contributed by atoms with Crippen molar-refractivity contribution in [2.45, 2.75) is 57.9 Å². The number of rotatable bonds is 7. The lowest BCUT2D eigenvalue weighted by atomic mass is 9.87. The molecular formula is C25H29F2N3O3. The summed E-state index contributed by atoms with van der Waals surface area (Å²) >= 11 is 0. The van der Waals surface area contributed by atoms with Crippen molar-refractivity contribution in [3.8, 4) is 5.75 Å². The monoisotopic (exact) mass is 457 g/mol. The minimum atomic E-state index is -3.12. The Labute approximate surface area is 191 Å². The number of ketones is 1. The van der Waals surface area contributed by atoms with Gasteiger partial charge in [0, 0.05) is 42.7 Å². The lowest BCUT2D eigenvalue weighted by Gasteiger charge is -2.27. The molecule has 0 bridgehead atoms. The maximum absolute atomic E-state index is 13.7. The molecule has 6 nitrogen and oxygen atoms in total. The van der Waals surface area contributed by atoms with Gasteiger partial charge in [-0.15, -0.1) is 0 Å². The molecule has 0 radical (unpaired) electrons. The number of methoxy groups -OCH3 is 1. The van der Waals surface area contributed by atoms with Crippen molar-refractivity contribution in [3.63, 3.8) is 0 Å². The summed E-state index contributed by atoms with van der Waals surface area (Å²) in [6.45, 7) is 2.90. The van der Waals surface area contributed by atoms with E-state index in [9.17, 15) is 18.7 Å². The summed E-state index contributed by atoms with van der Waals surface area (Å²) < 4.78 is 34.9. The molecule has 2 heterocycles. The Hall–Kier alpha value is -2.87. The Morgan fingerprint density at radius 3 is 2.64 bits per heavy atom. The zero-order valence-electron chi connectivity index (χ0n) is 19.1. The number of fused-ring (bicyclic) bond motifs is 1. The van der Waals surface area contributed by atoms with E-state index in [1.165, 1.54) is 18.2 Å². The predicted molar refractivity (Wildman–Crippen MR) is 121 cm³/mol. The van der Waals surface area contributed by atoms with E-state index < -0.39 is 11.6 Å². The maximum atomic E-state index is 13.7. The van der Waals surface area contributed by atoms with Crippen molar-refractivity contribution in [1.29, 1.82) is 0 Å². The zero-order valence-corrected chi connectivity index (χ0v) is 19.1. The van der Waals surface area contributed by atoms with Crippen LogP contribution in [0.4, 0.5) is 8.78 Å². The third-order valence-corrected chi connectivity index (χ3v) is 6.57. The standard InChI is InChI=1S/C25H29F2N3O3/c1-15-23-18(13-30(29-23)19-9-7-16(14-31)8-10-19)11-17(24(15)33-3)12-21(32)20-5-4-6-22(28-20)25(2,26)27/h4-6,11,13,16,19,31H,7-10,12,14H2,1-3H3. The normalized spacial score (nSPS) is 19.1. The van der Waals surface area contributed by atoms with E-state index in [0.717, 1.165) is 49.1 Å². The number of carbonyl (C=O) groups is 1. The molecule has 0 unspecified atom stereocenters. The minimum absolute atomic E-state index is 0.00478. The third kappa shape index (κ3) is 4.76. The molecule has 1 aliphatic rings. The average molecular weight is 458 g/mol. The molecule has 33 heavy (non-hydrogen) atoms. The SMILES string of the molecule is COc1c(CC(=O)c2cccc(C(C)(F)F)n2)cc2cn(C3CCC(CO)CC3)nc2c1C. The Morgan fingerprint density at radius 2 is 2.00 bits per heavy atom. The lowest BCUT2D eigenvalue weighted by molar-refractivity contribution is 0.0126. The van der Waals surface area contributed by atoms with Gasteiger partial charge in [-0.25, -0.2) is 4.98 Å². The molecule has 2 aromatic heterocycles. The van der Waals surface area contributed by atoms with Crippen molar-refractivity contribution in [1.82, 2.24) is 14.8 Å². The summed E-state index contributed by atoms with van der Waals surface area (Å²) in [5.41, 5.74) is 1.90. The van der Waals surface area contributed by atoms with Crippen LogP contribution in [-0.2, 0) is 12.3 Å². The molecule has 1 aromatic carbocycles. The van der Waals surface area contributed by atoms with Crippen LogP contribution in [0.3, 0.4) is 0 Å². The van der Waals surface area contributed by atoms with Gasteiger partial charge >= 0.3 is 0 Å². The second kappa shape index (κ2) is 9.17. The van der Waals surface area contributed by atoms with Crippen LogP contribution in [0, 0.1) is 12.8 Å². The molecular weight excluding hydrogens is 428 g/mol. The number of nitrogens with zero attached hydrogens (tertiary/aromatic N) is 3. The number of hydrogen-bond acceptors (Lipinski definition) is 5. The molecule has 1 N–H and O–H groups in total. The quantitative estimate of drug-likeness (QED) is 0.505. The van der Waals surface area contributed by atoms with Crippen molar-refractivity contribution in [2.24, 2.45) is 5.92 Å². The molecule has 0 spiro atoms. The Bertz CT molecular complexity index is 1160. The number of Topliss-reactive ketones (excluding diaryl/α,β-unsaturated/α-hetero) is 1. The first-order valence-electron chi connectivity index (χ1n) is 11.3. The number of halogens is 2. The van der Waals surface area contributed by atoms with Gasteiger partial charge < -0.3 is 9.84 Å². The van der Waals surface area contributed by atoms with Crippen LogP contribution in [0.2, 0.25) is 0 Å². The number of alkyl halides is 2. The molecule has 0 atom stereocenters. The molecule has 1 fully saturated rings. The first kappa shape index (κ1) is 23.3. The second-order valence-corrected chi connectivity index (χ2v) is 8.99. The van der Waals surface area contributed by atoms with Gasteiger partial charge in [0.25, 0.3) is 5.92 Å². The van der Waals surface area contributed by atoms with Gasteiger partial charge in [0.1, 0.15) is 17.1 Å². The first-order valence-corrected chi connectivity index (χ1v) is 11.3. The van der Waals surface area contributed by atoms with E-state index in [4.69, 9.17) is 9.84 Å². The average Bonchev–Trinajstić information content (AvgIpc) is 3.23. The largest absolute Gasteiger partial charge is 0.496 e. The van der Waals surface area contributed by atoms with Gasteiger partial charge in [-0.05, 0) is 56.7 Å². The van der Waals surface area contributed by atoms with E-state index in [1.54, 1.807) is 7.11 Å². The molecule has 4 rings (SSSR count). The fourth-order valence-electron chi connectivity index (χ4n) is 4.70. The van der Waals surface area contributed by atoms with Gasteiger partial charge in [0.05, 0.1) is 18.7 Å². The van der Waals surface area contributed by atoms with Crippen molar-refractivity contribution >= 4 is 16.7 Å². The Balaban J connectivity index is 1.63. The summed E-state index contributed by atoms with van der Waals surface area (Å²) in [6, 6.07) is 6.26. The fraction of sp³-hybridized carbons (Fsp3) is 0.480. The summed E-state index contributed by atoms with van der Waals surface area (Å²) in [5, 5.41) is 15.1. The van der Waals surface area contributed by atoms with E-state index >= 15 is 0 Å². The van der Waals surface area contributed by atoms with E-state index in [1.807, 2.05) is 23.9 Å². The molecule has 0 amide bonds.